The Morgan fingerprint density at radius 1 is 0.769 bits per heavy atom. The lowest BCUT2D eigenvalue weighted by Crippen LogP contribution is -2.82. The molecule has 4 amide bonds. The van der Waals surface area contributed by atoms with Crippen molar-refractivity contribution in [2.24, 2.45) is 16.7 Å². The van der Waals surface area contributed by atoms with Crippen molar-refractivity contribution < 1.29 is 111 Å². The van der Waals surface area contributed by atoms with E-state index in [1.807, 2.05) is 5.32 Å². The van der Waals surface area contributed by atoms with Gasteiger partial charge in [0.15, 0.2) is 11.4 Å². The first-order chi connectivity index (χ1) is 42.7. The Kier molecular flexibility index (Phi) is 21.6. The summed E-state index contributed by atoms with van der Waals surface area (Å²) in [6, 6.07) is 15.4. The monoisotopic (exact) mass is 1270 g/mol. The molecule has 4 aliphatic rings. The number of aliphatic hydroxyl groups is 1. The van der Waals surface area contributed by atoms with Crippen molar-refractivity contribution in [3.8, 4) is 0 Å². The van der Waals surface area contributed by atoms with Crippen LogP contribution < -0.4 is 21.3 Å². The van der Waals surface area contributed by atoms with Crippen molar-refractivity contribution in [3.05, 3.63) is 113 Å². The average Bonchev–Trinajstić information content (AvgIpc) is 0.670. The van der Waals surface area contributed by atoms with Gasteiger partial charge in [0.25, 0.3) is 0 Å². The Balaban J connectivity index is 1.20. The van der Waals surface area contributed by atoms with Gasteiger partial charge in [-0.15, -0.1) is 0 Å². The van der Waals surface area contributed by atoms with E-state index < -0.39 is 186 Å². The molecule has 0 spiro atoms. The van der Waals surface area contributed by atoms with Gasteiger partial charge >= 0.3 is 53.9 Å². The van der Waals surface area contributed by atoms with Crippen molar-refractivity contribution in [3.63, 3.8) is 0 Å². The third-order valence-corrected chi connectivity index (χ3v) is 17.4. The highest BCUT2D eigenvalue weighted by Crippen LogP contribution is 2.65. The number of carboxylic acids is 3. The second-order valence-electron chi connectivity index (χ2n) is 24.7. The number of fused-ring (bicyclic) bond motifs is 5. The van der Waals surface area contributed by atoms with Crippen LogP contribution in [0.3, 0.4) is 0 Å². The number of hydrogen-bond donors (Lipinski definition) is 8. The molecule has 27 heteroatoms. The van der Waals surface area contributed by atoms with Crippen LogP contribution in [0.1, 0.15) is 121 Å². The average molecular weight is 1270 g/mol. The van der Waals surface area contributed by atoms with Gasteiger partial charge in [-0.3, -0.25) is 24.0 Å². The van der Waals surface area contributed by atoms with Crippen LogP contribution in [0, 0.1) is 16.7 Å². The van der Waals surface area contributed by atoms with E-state index in [-0.39, 0.29) is 47.4 Å². The zero-order valence-electron chi connectivity index (χ0n) is 52.1. The highest BCUT2D eigenvalue weighted by Gasteiger charge is 2.78. The van der Waals surface area contributed by atoms with Crippen molar-refractivity contribution >= 4 is 71.3 Å². The van der Waals surface area contributed by atoms with Crippen LogP contribution in [0.15, 0.2) is 96.1 Å². The Hall–Kier alpha value is -8.79. The number of alkyl carbamates (subject to hydrolysis) is 1. The van der Waals surface area contributed by atoms with Crippen molar-refractivity contribution in [1.29, 1.82) is 0 Å². The lowest BCUT2D eigenvalue weighted by atomic mass is 9.44. The van der Waals surface area contributed by atoms with Gasteiger partial charge in [-0.05, 0) is 87.6 Å². The minimum absolute atomic E-state index is 0.0302. The lowest BCUT2D eigenvalue weighted by Gasteiger charge is -2.67. The topological polar surface area (TPSA) is 391 Å². The fourth-order valence-corrected chi connectivity index (χ4v) is 12.9. The predicted octanol–water partition coefficient (Wildman–Crippen LogP) is 5.15. The number of anilines is 1. The Bertz CT molecular complexity index is 3290. The molecular weight excluding hydrogens is 1190 g/mol. The number of benzene rings is 3. The fourth-order valence-electron chi connectivity index (χ4n) is 12.9. The second-order valence-corrected chi connectivity index (χ2v) is 24.7. The maximum absolute atomic E-state index is 15.9. The Morgan fingerprint density at radius 2 is 1.38 bits per heavy atom. The molecule has 1 saturated heterocycles. The standard InChI is InChI=1S/C64H78N4O23/c1-33-41(31-64(83)53(89-56(79)37-19-15-12-16-20-37)51-62(8,52(74)49(85-10)47(33)61(64,6)7)42(84-9)30-43-63(51,32-86-43)90-34(2)69)87-57(80)50(48(36-17-13-11-14-18-36)68-59(82)91-60(3,4)5)88-46(73)28-26-44(70)65-38-23-21-35(22-24-38)29-40(55(77)78)67-58(81)66-39(54(75)76)25-27-45(71)72/h11-24,39-43,48-51,53,83H,25-32H2,1-10H3,(H,65,70)(H,68,82)(H,71,72)(H,75,76)(H,77,78)(H2,66,67,81). The molecule has 3 aromatic carbocycles. The molecule has 0 aromatic heterocycles. The minimum Gasteiger partial charge on any atom is -0.481 e. The molecule has 492 valence electrons. The number of ketones is 1. The molecule has 3 aromatic rings. The third-order valence-electron chi connectivity index (χ3n) is 17.4. The lowest BCUT2D eigenvalue weighted by molar-refractivity contribution is -0.347. The minimum atomic E-state index is -2.41. The number of Topliss-reactive ketones (excluding diaryl/α,β-unsaturated/α-hetero) is 1. The number of nitrogens with one attached hydrogen (secondary N) is 4. The van der Waals surface area contributed by atoms with E-state index in [9.17, 15) is 58.5 Å². The number of aliphatic carboxylic acids is 3. The molecule has 0 radical (unpaired) electrons. The van der Waals surface area contributed by atoms with Crippen LogP contribution in [0.5, 0.6) is 0 Å². The summed E-state index contributed by atoms with van der Waals surface area (Å²) in [7, 11) is 2.67. The molecule has 3 aliphatic carbocycles. The van der Waals surface area contributed by atoms with Gasteiger partial charge in [0.2, 0.25) is 12.0 Å². The first kappa shape index (κ1) is 69.7. The molecule has 13 atom stereocenters. The van der Waals surface area contributed by atoms with Gasteiger partial charge in [-0.2, -0.15) is 0 Å². The molecule has 8 N–H and O–H groups in total. The van der Waals surface area contributed by atoms with E-state index in [0.717, 1.165) is 0 Å². The van der Waals surface area contributed by atoms with Crippen LogP contribution in [-0.4, -0.2) is 172 Å². The molecule has 13 unspecified atom stereocenters. The smallest absolute Gasteiger partial charge is 0.408 e. The number of urea groups is 1. The highest BCUT2D eigenvalue weighted by atomic mass is 16.6. The van der Waals surface area contributed by atoms with Gasteiger partial charge < -0.3 is 79.6 Å². The SMILES string of the molecule is COC1C(=O)C2(C)C(OC)CC3OCC3(OC(C)=O)C2C(OC(=O)c2ccccc2)C2(O)CC(OC(=O)C(OC(=O)CCC(=O)Nc3ccc(CC(NC(=O)NC(CCC(=O)O)C(=O)O)C(=O)O)cc3)C(NC(=O)OC(C)(C)C)c3ccccc3)C(C)=C1C2(C)C. The number of amides is 4. The van der Waals surface area contributed by atoms with Gasteiger partial charge in [0.05, 0.1) is 36.0 Å². The van der Waals surface area contributed by atoms with Crippen LogP contribution in [-0.2, 0) is 82.7 Å². The van der Waals surface area contributed by atoms with Crippen LogP contribution in [0.25, 0.3) is 0 Å². The van der Waals surface area contributed by atoms with Gasteiger partial charge in [0.1, 0.15) is 53.7 Å². The van der Waals surface area contributed by atoms with E-state index in [4.69, 9.17) is 43.0 Å². The number of rotatable bonds is 24. The molecule has 1 aliphatic heterocycles. The highest BCUT2D eigenvalue weighted by molar-refractivity contribution is 5.95. The molecule has 3 fully saturated rings. The summed E-state index contributed by atoms with van der Waals surface area (Å²) in [4.78, 5) is 148. The van der Waals surface area contributed by atoms with Crippen molar-refractivity contribution in [1.82, 2.24) is 16.0 Å². The predicted molar refractivity (Wildman–Crippen MR) is 316 cm³/mol. The van der Waals surface area contributed by atoms with Crippen LogP contribution >= 0.6 is 0 Å². The van der Waals surface area contributed by atoms with Crippen LogP contribution in [0.4, 0.5) is 15.3 Å². The number of esters is 4. The number of hydrogen-bond acceptors (Lipinski definition) is 20. The van der Waals surface area contributed by atoms with E-state index in [2.05, 4.69) is 16.0 Å². The maximum atomic E-state index is 15.9. The summed E-state index contributed by atoms with van der Waals surface area (Å²) in [5.41, 5.74) is -7.53. The molecule has 2 saturated carbocycles. The molecule has 2 bridgehead atoms. The van der Waals surface area contributed by atoms with E-state index in [1.165, 1.54) is 69.7 Å². The number of carboxylic acid groups (broad SMARTS) is 3. The van der Waals surface area contributed by atoms with Crippen LogP contribution in [0.2, 0.25) is 0 Å². The van der Waals surface area contributed by atoms with Crippen molar-refractivity contribution in [2.75, 3.05) is 26.1 Å². The quantitative estimate of drug-likeness (QED) is 0.0326. The summed E-state index contributed by atoms with van der Waals surface area (Å²) in [6.07, 6.45) is -13.2. The van der Waals surface area contributed by atoms with Gasteiger partial charge in [-0.1, -0.05) is 74.5 Å². The number of ether oxygens (including phenoxy) is 8. The summed E-state index contributed by atoms with van der Waals surface area (Å²) < 4.78 is 49.1. The summed E-state index contributed by atoms with van der Waals surface area (Å²) in [6.45, 7) is 12.0. The molecule has 1 heterocycles. The summed E-state index contributed by atoms with van der Waals surface area (Å²) >= 11 is 0. The molecule has 7 rings (SSSR count). The first-order valence-corrected chi connectivity index (χ1v) is 29.4. The largest absolute Gasteiger partial charge is 0.481 e. The third kappa shape index (κ3) is 15.2. The second kappa shape index (κ2) is 28.2. The summed E-state index contributed by atoms with van der Waals surface area (Å²) in [5.74, 6) is -11.3. The van der Waals surface area contributed by atoms with E-state index in [0.29, 0.717) is 5.56 Å². The fraction of sp³-hybridized carbons (Fsp3) is 0.516. The zero-order chi connectivity index (χ0) is 67.1. The molecule has 91 heavy (non-hydrogen) atoms. The summed E-state index contributed by atoms with van der Waals surface area (Å²) in [5, 5.41) is 51.7. The Morgan fingerprint density at radius 3 is 1.93 bits per heavy atom. The van der Waals surface area contributed by atoms with E-state index >= 15 is 9.59 Å². The maximum Gasteiger partial charge on any atom is 0.408 e. The Labute approximate surface area is 524 Å². The molecular formula is C64H78N4O23. The number of methoxy groups -OCH3 is 2. The van der Waals surface area contributed by atoms with Crippen molar-refractivity contribution in [2.45, 2.75) is 172 Å². The number of carbonyl (C=O) groups excluding carboxylic acids is 8. The molecule has 27 nitrogen and oxygen atoms in total. The van der Waals surface area contributed by atoms with Gasteiger partial charge in [0, 0.05) is 64.3 Å². The van der Waals surface area contributed by atoms with Gasteiger partial charge in [-0.25, -0.2) is 28.8 Å². The zero-order valence-corrected chi connectivity index (χ0v) is 52.1. The first-order valence-electron chi connectivity index (χ1n) is 29.4. The normalized spacial score (nSPS) is 26.0. The van der Waals surface area contributed by atoms with E-state index in [1.54, 1.807) is 84.9 Å². The number of carbonyl (C=O) groups is 11.